The van der Waals surface area contributed by atoms with E-state index in [1.807, 2.05) is 25.1 Å². The SMILES string of the molecule is Cc1cc2cc(NC(=O)c3ccc(Br)cc3F)ccc2[nH]1. The van der Waals surface area contributed by atoms with Gasteiger partial charge in [0.25, 0.3) is 5.91 Å². The van der Waals surface area contributed by atoms with Crippen molar-refractivity contribution in [2.75, 3.05) is 5.32 Å². The molecule has 2 N–H and O–H groups in total. The standard InChI is InChI=1S/C16H12BrFN2O/c1-9-6-10-7-12(3-5-15(10)19-9)20-16(21)13-4-2-11(17)8-14(13)18/h2-8,19H,1H3,(H,20,21). The molecule has 0 saturated carbocycles. The van der Waals surface area contributed by atoms with Crippen LogP contribution >= 0.6 is 15.9 Å². The van der Waals surface area contributed by atoms with Crippen molar-refractivity contribution in [3.05, 3.63) is 64.0 Å². The van der Waals surface area contributed by atoms with Gasteiger partial charge >= 0.3 is 0 Å². The van der Waals surface area contributed by atoms with Crippen molar-refractivity contribution in [1.29, 1.82) is 0 Å². The first-order valence-corrected chi connectivity index (χ1v) is 7.18. The highest BCUT2D eigenvalue weighted by Gasteiger charge is 2.12. The first-order valence-electron chi connectivity index (χ1n) is 6.39. The van der Waals surface area contributed by atoms with Crippen LogP contribution < -0.4 is 5.32 Å². The number of rotatable bonds is 2. The van der Waals surface area contributed by atoms with Crippen molar-refractivity contribution in [2.24, 2.45) is 0 Å². The molecule has 0 radical (unpaired) electrons. The van der Waals surface area contributed by atoms with E-state index in [4.69, 9.17) is 0 Å². The number of fused-ring (bicyclic) bond motifs is 1. The average molecular weight is 347 g/mol. The monoisotopic (exact) mass is 346 g/mol. The molecule has 0 atom stereocenters. The van der Waals surface area contributed by atoms with E-state index in [9.17, 15) is 9.18 Å². The first kappa shape index (κ1) is 13.8. The zero-order valence-electron chi connectivity index (χ0n) is 11.2. The van der Waals surface area contributed by atoms with Crippen molar-refractivity contribution in [1.82, 2.24) is 4.98 Å². The highest BCUT2D eigenvalue weighted by molar-refractivity contribution is 9.10. The summed E-state index contributed by atoms with van der Waals surface area (Å²) in [7, 11) is 0. The Kier molecular flexibility index (Phi) is 3.51. The van der Waals surface area contributed by atoms with Gasteiger partial charge < -0.3 is 10.3 Å². The average Bonchev–Trinajstić information content (AvgIpc) is 2.77. The molecule has 5 heteroatoms. The Hall–Kier alpha value is -2.14. The maximum atomic E-state index is 13.8. The minimum atomic E-state index is -0.555. The lowest BCUT2D eigenvalue weighted by Crippen LogP contribution is -2.13. The normalized spacial score (nSPS) is 10.8. The highest BCUT2D eigenvalue weighted by Crippen LogP contribution is 2.21. The number of aromatic amines is 1. The Morgan fingerprint density at radius 3 is 2.76 bits per heavy atom. The number of nitrogens with one attached hydrogen (secondary N) is 2. The highest BCUT2D eigenvalue weighted by atomic mass is 79.9. The van der Waals surface area contributed by atoms with Crippen LogP contribution in [0.1, 0.15) is 16.1 Å². The van der Waals surface area contributed by atoms with Crippen LogP contribution in [-0.2, 0) is 0 Å². The van der Waals surface area contributed by atoms with Crippen molar-refractivity contribution >= 4 is 38.4 Å². The lowest BCUT2D eigenvalue weighted by molar-refractivity contribution is 0.102. The Balaban J connectivity index is 1.88. The predicted molar refractivity (Wildman–Crippen MR) is 85.1 cm³/mol. The Bertz CT molecular complexity index is 841. The van der Waals surface area contributed by atoms with E-state index in [0.717, 1.165) is 16.6 Å². The smallest absolute Gasteiger partial charge is 0.258 e. The Morgan fingerprint density at radius 1 is 1.19 bits per heavy atom. The summed E-state index contributed by atoms with van der Waals surface area (Å²) in [5.41, 5.74) is 2.70. The second kappa shape index (κ2) is 5.33. The van der Waals surface area contributed by atoms with Gasteiger partial charge in [-0.15, -0.1) is 0 Å². The van der Waals surface area contributed by atoms with Gasteiger partial charge in [0.15, 0.2) is 0 Å². The third-order valence-corrected chi connectivity index (χ3v) is 3.68. The number of hydrogen-bond donors (Lipinski definition) is 2. The number of H-pyrrole nitrogens is 1. The first-order chi connectivity index (χ1) is 10.0. The topological polar surface area (TPSA) is 44.9 Å². The van der Waals surface area contributed by atoms with Crippen molar-refractivity contribution in [2.45, 2.75) is 6.92 Å². The summed E-state index contributed by atoms with van der Waals surface area (Å²) in [4.78, 5) is 15.3. The molecule has 2 aromatic carbocycles. The minimum absolute atomic E-state index is 0.0172. The molecule has 0 bridgehead atoms. The summed E-state index contributed by atoms with van der Waals surface area (Å²) in [5, 5.41) is 3.71. The van der Waals surface area contributed by atoms with Gasteiger partial charge in [-0.05, 0) is 49.4 Å². The molecule has 3 rings (SSSR count). The van der Waals surface area contributed by atoms with Crippen LogP contribution in [0.4, 0.5) is 10.1 Å². The maximum absolute atomic E-state index is 13.8. The van der Waals surface area contributed by atoms with Gasteiger partial charge in [0, 0.05) is 26.8 Å². The van der Waals surface area contributed by atoms with E-state index in [0.29, 0.717) is 10.2 Å². The number of halogens is 2. The molecule has 106 valence electrons. The minimum Gasteiger partial charge on any atom is -0.359 e. The molecule has 0 unspecified atom stereocenters. The van der Waals surface area contributed by atoms with Gasteiger partial charge in [-0.25, -0.2) is 4.39 Å². The lowest BCUT2D eigenvalue weighted by atomic mass is 10.2. The van der Waals surface area contributed by atoms with Crippen LogP contribution in [0, 0.1) is 12.7 Å². The second-order valence-corrected chi connectivity index (χ2v) is 5.75. The molecule has 3 nitrogen and oxygen atoms in total. The molecule has 0 spiro atoms. The fourth-order valence-electron chi connectivity index (χ4n) is 2.23. The predicted octanol–water partition coefficient (Wildman–Crippen LogP) is 4.63. The van der Waals surface area contributed by atoms with Crippen LogP contribution in [0.25, 0.3) is 10.9 Å². The van der Waals surface area contributed by atoms with Gasteiger partial charge in [-0.3, -0.25) is 4.79 Å². The molecule has 3 aromatic rings. The van der Waals surface area contributed by atoms with E-state index in [1.54, 1.807) is 12.1 Å². The summed E-state index contributed by atoms with van der Waals surface area (Å²) >= 11 is 3.17. The summed E-state index contributed by atoms with van der Waals surface area (Å²) in [6, 6.07) is 11.9. The zero-order chi connectivity index (χ0) is 15.0. The van der Waals surface area contributed by atoms with E-state index in [-0.39, 0.29) is 5.56 Å². The van der Waals surface area contributed by atoms with E-state index in [1.165, 1.54) is 12.1 Å². The van der Waals surface area contributed by atoms with Crippen LogP contribution in [0.2, 0.25) is 0 Å². The van der Waals surface area contributed by atoms with E-state index < -0.39 is 11.7 Å². The third kappa shape index (κ3) is 2.83. The largest absolute Gasteiger partial charge is 0.359 e. The Morgan fingerprint density at radius 2 is 2.00 bits per heavy atom. The molecule has 0 fully saturated rings. The number of hydrogen-bond acceptors (Lipinski definition) is 1. The number of aromatic nitrogens is 1. The molecule has 21 heavy (non-hydrogen) atoms. The van der Waals surface area contributed by atoms with Gasteiger partial charge in [0.1, 0.15) is 5.82 Å². The van der Waals surface area contributed by atoms with Crippen LogP contribution in [-0.4, -0.2) is 10.9 Å². The number of aryl methyl sites for hydroxylation is 1. The zero-order valence-corrected chi connectivity index (χ0v) is 12.8. The Labute approximate surface area is 129 Å². The van der Waals surface area contributed by atoms with E-state index >= 15 is 0 Å². The molecule has 1 aromatic heterocycles. The molecular formula is C16H12BrFN2O. The number of carbonyl (C=O) groups is 1. The maximum Gasteiger partial charge on any atom is 0.258 e. The molecule has 1 heterocycles. The van der Waals surface area contributed by atoms with Crippen LogP contribution in [0.5, 0.6) is 0 Å². The molecule has 1 amide bonds. The van der Waals surface area contributed by atoms with Crippen LogP contribution in [0.3, 0.4) is 0 Å². The van der Waals surface area contributed by atoms with Gasteiger partial charge in [0.2, 0.25) is 0 Å². The van der Waals surface area contributed by atoms with E-state index in [2.05, 4.69) is 26.2 Å². The van der Waals surface area contributed by atoms with Crippen molar-refractivity contribution in [3.63, 3.8) is 0 Å². The number of anilines is 1. The lowest BCUT2D eigenvalue weighted by Gasteiger charge is -2.06. The molecule has 0 saturated heterocycles. The molecular weight excluding hydrogens is 335 g/mol. The second-order valence-electron chi connectivity index (χ2n) is 4.83. The number of amides is 1. The third-order valence-electron chi connectivity index (χ3n) is 3.19. The van der Waals surface area contributed by atoms with Crippen molar-refractivity contribution < 1.29 is 9.18 Å². The number of benzene rings is 2. The fraction of sp³-hybridized carbons (Fsp3) is 0.0625. The van der Waals surface area contributed by atoms with Gasteiger partial charge in [0.05, 0.1) is 5.56 Å². The molecule has 0 aliphatic carbocycles. The number of carbonyl (C=O) groups excluding carboxylic acids is 1. The molecule has 0 aliphatic heterocycles. The summed E-state index contributed by atoms with van der Waals surface area (Å²) < 4.78 is 14.4. The summed E-state index contributed by atoms with van der Waals surface area (Å²) in [5.74, 6) is -1.02. The fourth-order valence-corrected chi connectivity index (χ4v) is 2.56. The van der Waals surface area contributed by atoms with Crippen LogP contribution in [0.15, 0.2) is 46.9 Å². The van der Waals surface area contributed by atoms with Crippen molar-refractivity contribution in [3.8, 4) is 0 Å². The van der Waals surface area contributed by atoms with Gasteiger partial charge in [-0.1, -0.05) is 15.9 Å². The quantitative estimate of drug-likeness (QED) is 0.698. The summed E-state index contributed by atoms with van der Waals surface area (Å²) in [6.07, 6.45) is 0. The van der Waals surface area contributed by atoms with Gasteiger partial charge in [-0.2, -0.15) is 0 Å². The molecule has 0 aliphatic rings. The summed E-state index contributed by atoms with van der Waals surface area (Å²) in [6.45, 7) is 1.97.